The molecular formula is C20H23NO3. The second kappa shape index (κ2) is 8.77. The van der Waals surface area contributed by atoms with Crippen LogP contribution >= 0.6 is 0 Å². The van der Waals surface area contributed by atoms with E-state index < -0.39 is 0 Å². The molecule has 0 bridgehead atoms. The maximum Gasteiger partial charge on any atom is 0.244 e. The van der Waals surface area contributed by atoms with Crippen molar-refractivity contribution in [2.24, 2.45) is 0 Å². The number of carbonyl (C=O) groups excluding carboxylic acids is 1. The van der Waals surface area contributed by atoms with Gasteiger partial charge in [0.2, 0.25) is 5.91 Å². The summed E-state index contributed by atoms with van der Waals surface area (Å²) in [5, 5.41) is 2.89. The van der Waals surface area contributed by atoms with Gasteiger partial charge in [-0.1, -0.05) is 29.8 Å². The molecule has 0 aliphatic rings. The molecule has 2 aromatic rings. The highest BCUT2D eigenvalue weighted by molar-refractivity contribution is 5.91. The van der Waals surface area contributed by atoms with Crippen molar-refractivity contribution in [3.05, 3.63) is 65.2 Å². The van der Waals surface area contributed by atoms with Gasteiger partial charge in [-0.25, -0.2) is 0 Å². The zero-order valence-electron chi connectivity index (χ0n) is 14.3. The Hall–Kier alpha value is -2.75. The summed E-state index contributed by atoms with van der Waals surface area (Å²) in [6.07, 6.45) is 4.05. The molecule has 2 aromatic carbocycles. The molecule has 0 unspecified atom stereocenters. The van der Waals surface area contributed by atoms with Crippen LogP contribution in [0.4, 0.5) is 0 Å². The molecule has 126 valence electrons. The van der Waals surface area contributed by atoms with Crippen molar-refractivity contribution in [2.75, 3.05) is 20.8 Å². The normalized spacial score (nSPS) is 10.6. The minimum Gasteiger partial charge on any atom is -0.497 e. The third kappa shape index (κ3) is 5.16. The van der Waals surface area contributed by atoms with Gasteiger partial charge in [0.15, 0.2) is 0 Å². The summed E-state index contributed by atoms with van der Waals surface area (Å²) in [6, 6.07) is 13.6. The van der Waals surface area contributed by atoms with Crippen LogP contribution in [0, 0.1) is 6.92 Å². The Morgan fingerprint density at radius 1 is 1.08 bits per heavy atom. The van der Waals surface area contributed by atoms with E-state index in [2.05, 4.69) is 11.4 Å². The Bertz CT molecular complexity index is 705. The standard InChI is InChI=1S/C20H23NO3/c1-15-4-10-19(24-3)17(14-15)12-13-21-20(22)11-7-16-5-8-18(23-2)9-6-16/h4-11,14H,12-13H2,1-3H3,(H,21,22)/b11-7+. The van der Waals surface area contributed by atoms with Gasteiger partial charge in [-0.2, -0.15) is 0 Å². The molecule has 0 aromatic heterocycles. The monoisotopic (exact) mass is 325 g/mol. The zero-order valence-corrected chi connectivity index (χ0v) is 14.3. The summed E-state index contributed by atoms with van der Waals surface area (Å²) in [5.41, 5.74) is 3.22. The van der Waals surface area contributed by atoms with Crippen molar-refractivity contribution in [3.8, 4) is 11.5 Å². The van der Waals surface area contributed by atoms with Gasteiger partial charge < -0.3 is 14.8 Å². The highest BCUT2D eigenvalue weighted by Crippen LogP contribution is 2.19. The summed E-state index contributed by atoms with van der Waals surface area (Å²) in [5.74, 6) is 1.53. The number of benzene rings is 2. The minimum absolute atomic E-state index is 0.113. The van der Waals surface area contributed by atoms with Crippen molar-refractivity contribution < 1.29 is 14.3 Å². The smallest absolute Gasteiger partial charge is 0.244 e. The Morgan fingerprint density at radius 3 is 2.50 bits per heavy atom. The average Bonchev–Trinajstić information content (AvgIpc) is 2.60. The second-order valence-corrected chi connectivity index (χ2v) is 5.46. The number of rotatable bonds is 7. The SMILES string of the molecule is COc1ccc(/C=C/C(=O)NCCc2cc(C)ccc2OC)cc1. The molecule has 0 fully saturated rings. The first-order valence-corrected chi connectivity index (χ1v) is 7.86. The van der Waals surface area contributed by atoms with E-state index in [1.54, 1.807) is 20.3 Å². The van der Waals surface area contributed by atoms with Crippen molar-refractivity contribution in [3.63, 3.8) is 0 Å². The molecule has 2 rings (SSSR count). The van der Waals surface area contributed by atoms with E-state index in [0.717, 1.165) is 29.0 Å². The lowest BCUT2D eigenvalue weighted by Gasteiger charge is -2.09. The number of nitrogens with one attached hydrogen (secondary N) is 1. The second-order valence-electron chi connectivity index (χ2n) is 5.46. The molecule has 0 aliphatic heterocycles. The van der Waals surface area contributed by atoms with Crippen molar-refractivity contribution >= 4 is 12.0 Å². The van der Waals surface area contributed by atoms with Crippen LogP contribution in [-0.2, 0) is 11.2 Å². The summed E-state index contributed by atoms with van der Waals surface area (Å²) in [4.78, 5) is 11.9. The minimum atomic E-state index is -0.113. The molecule has 0 radical (unpaired) electrons. The summed E-state index contributed by atoms with van der Waals surface area (Å²) >= 11 is 0. The van der Waals surface area contributed by atoms with E-state index in [1.807, 2.05) is 43.3 Å². The number of carbonyl (C=O) groups is 1. The third-order valence-electron chi connectivity index (χ3n) is 3.67. The van der Waals surface area contributed by atoms with Crippen LogP contribution < -0.4 is 14.8 Å². The number of hydrogen-bond donors (Lipinski definition) is 1. The van der Waals surface area contributed by atoms with Gasteiger partial charge >= 0.3 is 0 Å². The van der Waals surface area contributed by atoms with Gasteiger partial charge in [0, 0.05) is 12.6 Å². The first-order chi connectivity index (χ1) is 11.6. The average molecular weight is 325 g/mol. The molecule has 0 atom stereocenters. The van der Waals surface area contributed by atoms with E-state index in [9.17, 15) is 4.79 Å². The summed E-state index contributed by atoms with van der Waals surface area (Å²) in [7, 11) is 3.28. The number of aryl methyl sites for hydroxylation is 1. The fraction of sp³-hybridized carbons (Fsp3) is 0.250. The first-order valence-electron chi connectivity index (χ1n) is 7.86. The fourth-order valence-corrected chi connectivity index (χ4v) is 2.37. The maximum atomic E-state index is 11.9. The lowest BCUT2D eigenvalue weighted by molar-refractivity contribution is -0.116. The van der Waals surface area contributed by atoms with Crippen molar-refractivity contribution in [2.45, 2.75) is 13.3 Å². The third-order valence-corrected chi connectivity index (χ3v) is 3.67. The lowest BCUT2D eigenvalue weighted by atomic mass is 10.1. The highest BCUT2D eigenvalue weighted by atomic mass is 16.5. The predicted octanol–water partition coefficient (Wildman–Crippen LogP) is 3.38. The zero-order chi connectivity index (χ0) is 17.4. The summed E-state index contributed by atoms with van der Waals surface area (Å²) in [6.45, 7) is 2.60. The molecular weight excluding hydrogens is 302 g/mol. The van der Waals surface area contributed by atoms with Gasteiger partial charge in [0.25, 0.3) is 0 Å². The van der Waals surface area contributed by atoms with Crippen LogP contribution in [0.2, 0.25) is 0 Å². The Morgan fingerprint density at radius 2 is 1.83 bits per heavy atom. The molecule has 24 heavy (non-hydrogen) atoms. The Kier molecular flexibility index (Phi) is 6.43. The molecule has 0 heterocycles. The quantitative estimate of drug-likeness (QED) is 0.794. The van der Waals surface area contributed by atoms with Crippen LogP contribution in [0.3, 0.4) is 0 Å². The largest absolute Gasteiger partial charge is 0.497 e. The predicted molar refractivity (Wildman–Crippen MR) is 96.5 cm³/mol. The number of ether oxygens (including phenoxy) is 2. The molecule has 1 amide bonds. The number of hydrogen-bond acceptors (Lipinski definition) is 3. The summed E-state index contributed by atoms with van der Waals surface area (Å²) < 4.78 is 10.4. The van der Waals surface area contributed by atoms with E-state index in [0.29, 0.717) is 6.54 Å². The van der Waals surface area contributed by atoms with Crippen molar-refractivity contribution in [1.82, 2.24) is 5.32 Å². The molecule has 1 N–H and O–H groups in total. The lowest BCUT2D eigenvalue weighted by Crippen LogP contribution is -2.23. The Balaban J connectivity index is 1.84. The van der Waals surface area contributed by atoms with Crippen LogP contribution in [0.5, 0.6) is 11.5 Å². The molecule has 0 saturated carbocycles. The number of amides is 1. The molecule has 0 spiro atoms. The van der Waals surface area contributed by atoms with E-state index in [-0.39, 0.29) is 5.91 Å². The Labute approximate surface area is 143 Å². The van der Waals surface area contributed by atoms with Gasteiger partial charge in [-0.15, -0.1) is 0 Å². The molecule has 4 nitrogen and oxygen atoms in total. The van der Waals surface area contributed by atoms with Crippen LogP contribution in [0.1, 0.15) is 16.7 Å². The topological polar surface area (TPSA) is 47.6 Å². The molecule has 4 heteroatoms. The van der Waals surface area contributed by atoms with Crippen LogP contribution in [-0.4, -0.2) is 26.7 Å². The van der Waals surface area contributed by atoms with Gasteiger partial charge in [-0.05, 0) is 48.7 Å². The van der Waals surface area contributed by atoms with Crippen LogP contribution in [0.25, 0.3) is 6.08 Å². The molecule has 0 saturated heterocycles. The van der Waals surface area contributed by atoms with Crippen molar-refractivity contribution in [1.29, 1.82) is 0 Å². The fourth-order valence-electron chi connectivity index (χ4n) is 2.37. The van der Waals surface area contributed by atoms with Gasteiger partial charge in [-0.3, -0.25) is 4.79 Å². The van der Waals surface area contributed by atoms with Crippen LogP contribution in [0.15, 0.2) is 48.5 Å². The number of methoxy groups -OCH3 is 2. The van der Waals surface area contributed by atoms with Gasteiger partial charge in [0.1, 0.15) is 11.5 Å². The van der Waals surface area contributed by atoms with E-state index in [1.165, 1.54) is 11.6 Å². The molecule has 0 aliphatic carbocycles. The van der Waals surface area contributed by atoms with E-state index >= 15 is 0 Å². The van der Waals surface area contributed by atoms with Gasteiger partial charge in [0.05, 0.1) is 14.2 Å². The highest BCUT2D eigenvalue weighted by Gasteiger charge is 2.04. The van der Waals surface area contributed by atoms with E-state index in [4.69, 9.17) is 9.47 Å². The first kappa shape index (κ1) is 17.6. The maximum absolute atomic E-state index is 11.9.